The molecule has 1 aromatic rings. The van der Waals surface area contributed by atoms with Gasteiger partial charge >= 0.3 is 5.97 Å². The fourth-order valence-corrected chi connectivity index (χ4v) is 2.36. The second-order valence-corrected chi connectivity index (χ2v) is 5.57. The molecule has 0 aromatic heterocycles. The van der Waals surface area contributed by atoms with Crippen molar-refractivity contribution in [3.63, 3.8) is 0 Å². The van der Waals surface area contributed by atoms with E-state index in [1.54, 1.807) is 7.11 Å². The van der Waals surface area contributed by atoms with E-state index < -0.39 is 5.97 Å². The average Bonchev–Trinajstić information content (AvgIpc) is 3.24. The summed E-state index contributed by atoms with van der Waals surface area (Å²) in [6, 6.07) is 7.37. The lowest BCUT2D eigenvalue weighted by molar-refractivity contribution is -0.137. The molecule has 1 amide bonds. The minimum atomic E-state index is -0.819. The van der Waals surface area contributed by atoms with Gasteiger partial charge < -0.3 is 15.2 Å². The Labute approximate surface area is 124 Å². The molecule has 2 rings (SSSR count). The zero-order chi connectivity index (χ0) is 15.3. The Hall–Kier alpha value is -1.88. The van der Waals surface area contributed by atoms with Gasteiger partial charge in [0.1, 0.15) is 0 Å². The lowest BCUT2D eigenvalue weighted by Gasteiger charge is -2.15. The molecule has 5 heteroatoms. The van der Waals surface area contributed by atoms with Crippen molar-refractivity contribution in [2.45, 2.75) is 32.1 Å². The van der Waals surface area contributed by atoms with E-state index in [-0.39, 0.29) is 17.7 Å². The van der Waals surface area contributed by atoms with Gasteiger partial charge in [-0.05, 0) is 43.4 Å². The maximum absolute atomic E-state index is 12.3. The zero-order valence-electron chi connectivity index (χ0n) is 12.2. The molecule has 0 atom stereocenters. The van der Waals surface area contributed by atoms with Gasteiger partial charge in [0.25, 0.3) is 0 Å². The number of hydrogen-bond acceptors (Lipinski definition) is 3. The Balaban J connectivity index is 1.95. The quantitative estimate of drug-likeness (QED) is 0.771. The van der Waals surface area contributed by atoms with E-state index in [1.807, 2.05) is 24.3 Å². The van der Waals surface area contributed by atoms with Crippen LogP contribution in [0.25, 0.3) is 0 Å². The van der Waals surface area contributed by atoms with Gasteiger partial charge in [0.05, 0.1) is 5.41 Å². The van der Waals surface area contributed by atoms with Crippen molar-refractivity contribution in [1.29, 1.82) is 0 Å². The van der Waals surface area contributed by atoms with Crippen LogP contribution in [0.5, 0.6) is 0 Å². The third-order valence-electron chi connectivity index (χ3n) is 3.93. The number of methoxy groups -OCH3 is 1. The molecule has 0 saturated heterocycles. The number of carboxylic acid groups (broad SMARTS) is 1. The topological polar surface area (TPSA) is 75.6 Å². The van der Waals surface area contributed by atoms with Crippen molar-refractivity contribution in [2.75, 3.05) is 19.0 Å². The predicted octanol–water partition coefficient (Wildman–Crippen LogP) is 2.46. The van der Waals surface area contributed by atoms with Crippen LogP contribution in [0.4, 0.5) is 5.69 Å². The molecular weight excluding hydrogens is 270 g/mol. The van der Waals surface area contributed by atoms with Gasteiger partial charge in [-0.25, -0.2) is 0 Å². The first-order valence-electron chi connectivity index (χ1n) is 7.17. The van der Waals surface area contributed by atoms with Gasteiger partial charge in [0.15, 0.2) is 0 Å². The summed E-state index contributed by atoms with van der Waals surface area (Å²) < 4.78 is 5.06. The molecule has 5 nitrogen and oxygen atoms in total. The Morgan fingerprint density at radius 3 is 2.76 bits per heavy atom. The van der Waals surface area contributed by atoms with E-state index >= 15 is 0 Å². The number of amides is 1. The van der Waals surface area contributed by atoms with Crippen LogP contribution in [-0.2, 0) is 20.7 Å². The predicted molar refractivity (Wildman–Crippen MR) is 79.2 cm³/mol. The first-order valence-corrected chi connectivity index (χ1v) is 7.17. The van der Waals surface area contributed by atoms with Crippen LogP contribution < -0.4 is 5.32 Å². The minimum absolute atomic E-state index is 0.0370. The van der Waals surface area contributed by atoms with Crippen LogP contribution in [0.1, 0.15) is 31.2 Å². The number of carbonyl (C=O) groups is 2. The smallest absolute Gasteiger partial charge is 0.303 e. The molecule has 114 valence electrons. The largest absolute Gasteiger partial charge is 0.481 e. The van der Waals surface area contributed by atoms with E-state index in [9.17, 15) is 9.59 Å². The van der Waals surface area contributed by atoms with Gasteiger partial charge in [-0.3, -0.25) is 9.59 Å². The number of nitrogens with one attached hydrogen (secondary N) is 1. The van der Waals surface area contributed by atoms with Crippen LogP contribution in [0.2, 0.25) is 0 Å². The fraction of sp³-hybridized carbons (Fsp3) is 0.500. The molecule has 0 radical (unpaired) electrons. The molecule has 21 heavy (non-hydrogen) atoms. The van der Waals surface area contributed by atoms with Crippen molar-refractivity contribution in [3.8, 4) is 0 Å². The van der Waals surface area contributed by atoms with Crippen LogP contribution in [0, 0.1) is 5.41 Å². The lowest BCUT2D eigenvalue weighted by atomic mass is 10.0. The number of benzene rings is 1. The molecule has 1 saturated carbocycles. The van der Waals surface area contributed by atoms with Crippen molar-refractivity contribution < 1.29 is 19.4 Å². The molecule has 1 aliphatic carbocycles. The standard InChI is InChI=1S/C16H21NO4/c1-21-10-9-16(7-8-16)15(20)17-13-4-2-3-12(11-13)5-6-14(18)19/h2-4,11H,5-10H2,1H3,(H,17,20)(H,18,19). The molecular formula is C16H21NO4. The Morgan fingerprint density at radius 1 is 1.38 bits per heavy atom. The summed E-state index contributed by atoms with van der Waals surface area (Å²) in [5.74, 6) is -0.782. The number of carboxylic acids is 1. The summed E-state index contributed by atoms with van der Waals surface area (Å²) in [6.07, 6.45) is 3.11. The molecule has 0 bridgehead atoms. The molecule has 1 aliphatic rings. The number of aliphatic carboxylic acids is 1. The second kappa shape index (κ2) is 6.72. The lowest BCUT2D eigenvalue weighted by Crippen LogP contribution is -2.25. The molecule has 0 unspecified atom stereocenters. The normalized spacial score (nSPS) is 15.5. The number of anilines is 1. The summed E-state index contributed by atoms with van der Waals surface area (Å²) in [7, 11) is 1.64. The maximum Gasteiger partial charge on any atom is 0.303 e. The fourth-order valence-electron chi connectivity index (χ4n) is 2.36. The van der Waals surface area contributed by atoms with Gasteiger partial charge in [-0.15, -0.1) is 0 Å². The van der Waals surface area contributed by atoms with Crippen molar-refractivity contribution in [3.05, 3.63) is 29.8 Å². The Morgan fingerprint density at radius 2 is 2.14 bits per heavy atom. The van der Waals surface area contributed by atoms with Gasteiger partial charge in [-0.1, -0.05) is 12.1 Å². The van der Waals surface area contributed by atoms with Crippen LogP contribution >= 0.6 is 0 Å². The Kier molecular flexibility index (Phi) is 4.96. The second-order valence-electron chi connectivity index (χ2n) is 5.57. The zero-order valence-corrected chi connectivity index (χ0v) is 12.2. The first-order chi connectivity index (χ1) is 10.1. The molecule has 0 heterocycles. The van der Waals surface area contributed by atoms with Crippen LogP contribution in [0.3, 0.4) is 0 Å². The van der Waals surface area contributed by atoms with Crippen molar-refractivity contribution in [1.82, 2.24) is 0 Å². The Bertz CT molecular complexity index is 523. The minimum Gasteiger partial charge on any atom is -0.481 e. The first kappa shape index (κ1) is 15.5. The highest BCUT2D eigenvalue weighted by molar-refractivity contribution is 5.97. The van der Waals surface area contributed by atoms with Gasteiger partial charge in [0.2, 0.25) is 5.91 Å². The van der Waals surface area contributed by atoms with Gasteiger partial charge in [0, 0.05) is 25.8 Å². The summed E-state index contributed by atoms with van der Waals surface area (Å²) >= 11 is 0. The summed E-state index contributed by atoms with van der Waals surface area (Å²) in [6.45, 7) is 0.589. The molecule has 1 fully saturated rings. The number of carbonyl (C=O) groups excluding carboxylic acids is 1. The summed E-state index contributed by atoms with van der Waals surface area (Å²) in [5.41, 5.74) is 1.37. The monoisotopic (exact) mass is 291 g/mol. The number of ether oxygens (including phenoxy) is 1. The number of aryl methyl sites for hydroxylation is 1. The third-order valence-corrected chi connectivity index (χ3v) is 3.93. The van der Waals surface area contributed by atoms with Crippen molar-refractivity contribution in [2.24, 2.45) is 5.41 Å². The highest BCUT2D eigenvalue weighted by atomic mass is 16.5. The SMILES string of the molecule is COCCC1(C(=O)Nc2cccc(CCC(=O)O)c2)CC1. The maximum atomic E-state index is 12.3. The highest BCUT2D eigenvalue weighted by Gasteiger charge is 2.49. The van der Waals surface area contributed by atoms with Gasteiger partial charge in [-0.2, -0.15) is 0 Å². The highest BCUT2D eigenvalue weighted by Crippen LogP contribution is 2.49. The van der Waals surface area contributed by atoms with E-state index in [0.717, 1.165) is 30.5 Å². The summed E-state index contributed by atoms with van der Waals surface area (Å²) in [5, 5.41) is 11.6. The number of rotatable bonds is 8. The number of hydrogen-bond donors (Lipinski definition) is 2. The summed E-state index contributed by atoms with van der Waals surface area (Å²) in [4.78, 5) is 22.9. The van der Waals surface area contributed by atoms with E-state index in [1.165, 1.54) is 0 Å². The van der Waals surface area contributed by atoms with Crippen LogP contribution in [-0.4, -0.2) is 30.7 Å². The van der Waals surface area contributed by atoms with Crippen molar-refractivity contribution >= 4 is 17.6 Å². The molecule has 0 aliphatic heterocycles. The van der Waals surface area contributed by atoms with E-state index in [0.29, 0.717) is 13.0 Å². The average molecular weight is 291 g/mol. The van der Waals surface area contributed by atoms with E-state index in [2.05, 4.69) is 5.32 Å². The molecule has 1 aromatic carbocycles. The van der Waals surface area contributed by atoms with Crippen LogP contribution in [0.15, 0.2) is 24.3 Å². The van der Waals surface area contributed by atoms with E-state index in [4.69, 9.17) is 9.84 Å². The molecule has 0 spiro atoms. The molecule has 2 N–H and O–H groups in total. The third kappa shape index (κ3) is 4.29.